The van der Waals surface area contributed by atoms with Gasteiger partial charge in [-0.25, -0.2) is 8.78 Å². The fraction of sp³-hybridized carbons (Fsp3) is 0.632. The lowest BCUT2D eigenvalue weighted by Crippen LogP contribution is -2.14. The molecule has 1 aliphatic carbocycles. The van der Waals surface area contributed by atoms with E-state index in [1.165, 1.54) is 37.8 Å². The van der Waals surface area contributed by atoms with Crippen LogP contribution < -0.4 is 4.74 Å². The maximum absolute atomic E-state index is 14.0. The van der Waals surface area contributed by atoms with E-state index in [2.05, 4.69) is 11.7 Å². The van der Waals surface area contributed by atoms with Crippen LogP contribution in [0.3, 0.4) is 0 Å². The van der Waals surface area contributed by atoms with E-state index in [1.807, 2.05) is 0 Å². The molecule has 0 N–H and O–H groups in total. The molecular weight excluding hydrogens is 298 g/mol. The van der Waals surface area contributed by atoms with Gasteiger partial charge in [0.05, 0.1) is 0 Å². The molecule has 128 valence electrons. The molecule has 0 amide bonds. The fourth-order valence-corrected chi connectivity index (χ4v) is 3.52. The molecule has 1 aromatic rings. The summed E-state index contributed by atoms with van der Waals surface area (Å²) in [6.07, 6.45) is 9.29. The zero-order valence-electron chi connectivity index (χ0n) is 14.0. The SMILES string of the molecule is CCCCC[C@H]1CC[C@H](c2cc(F)c(OC(C)=O)c(F)c2)CC1. The second-order valence-corrected chi connectivity index (χ2v) is 6.62. The number of benzene rings is 1. The van der Waals surface area contributed by atoms with Gasteiger partial charge in [-0.05, 0) is 55.2 Å². The van der Waals surface area contributed by atoms with Crippen molar-refractivity contribution < 1.29 is 18.3 Å². The number of halogens is 2. The minimum Gasteiger partial charge on any atom is -0.420 e. The molecule has 0 bridgehead atoms. The Hall–Kier alpha value is -1.45. The van der Waals surface area contributed by atoms with Gasteiger partial charge in [0.25, 0.3) is 0 Å². The minimum atomic E-state index is -0.791. The van der Waals surface area contributed by atoms with Crippen molar-refractivity contribution in [2.75, 3.05) is 0 Å². The van der Waals surface area contributed by atoms with Gasteiger partial charge in [-0.3, -0.25) is 4.79 Å². The Morgan fingerprint density at radius 2 is 1.74 bits per heavy atom. The van der Waals surface area contributed by atoms with Gasteiger partial charge in [-0.15, -0.1) is 0 Å². The van der Waals surface area contributed by atoms with Crippen LogP contribution in [0.15, 0.2) is 12.1 Å². The maximum atomic E-state index is 14.0. The van der Waals surface area contributed by atoms with Gasteiger partial charge in [0.15, 0.2) is 11.6 Å². The first kappa shape index (κ1) is 17.9. The van der Waals surface area contributed by atoms with E-state index in [-0.39, 0.29) is 5.92 Å². The molecule has 1 aliphatic rings. The lowest BCUT2D eigenvalue weighted by atomic mass is 9.77. The van der Waals surface area contributed by atoms with E-state index in [9.17, 15) is 13.6 Å². The van der Waals surface area contributed by atoms with Crippen LogP contribution in [-0.2, 0) is 4.79 Å². The summed E-state index contributed by atoms with van der Waals surface area (Å²) in [5, 5.41) is 0. The number of carbonyl (C=O) groups is 1. The maximum Gasteiger partial charge on any atom is 0.308 e. The molecule has 0 spiro atoms. The summed E-state index contributed by atoms with van der Waals surface area (Å²) in [6.45, 7) is 3.34. The third-order valence-electron chi connectivity index (χ3n) is 4.80. The van der Waals surface area contributed by atoms with Gasteiger partial charge >= 0.3 is 5.97 Å². The zero-order valence-corrected chi connectivity index (χ0v) is 14.0. The first-order chi connectivity index (χ1) is 11.0. The highest BCUT2D eigenvalue weighted by molar-refractivity contribution is 5.69. The molecule has 0 atom stereocenters. The topological polar surface area (TPSA) is 26.3 Å². The standard InChI is InChI=1S/C19H26F2O2/c1-3-4-5-6-14-7-9-15(10-8-14)16-11-17(20)19(18(21)12-16)23-13(2)22/h11-12,14-15H,3-10H2,1-2H3/t14-,15-. The van der Waals surface area contributed by atoms with Crippen LogP contribution in [0.25, 0.3) is 0 Å². The second-order valence-electron chi connectivity index (χ2n) is 6.62. The lowest BCUT2D eigenvalue weighted by Gasteiger charge is -2.29. The molecule has 2 nitrogen and oxygen atoms in total. The molecule has 1 fully saturated rings. The quantitative estimate of drug-likeness (QED) is 0.379. The molecule has 1 saturated carbocycles. The highest BCUT2D eigenvalue weighted by atomic mass is 19.1. The predicted octanol–water partition coefficient (Wildman–Crippen LogP) is 5.74. The van der Waals surface area contributed by atoms with Crippen molar-refractivity contribution in [1.29, 1.82) is 0 Å². The molecule has 23 heavy (non-hydrogen) atoms. The van der Waals surface area contributed by atoms with Crippen LogP contribution in [0.1, 0.15) is 76.7 Å². The molecule has 0 radical (unpaired) electrons. The molecule has 0 aliphatic heterocycles. The zero-order chi connectivity index (χ0) is 16.8. The van der Waals surface area contributed by atoms with Crippen molar-refractivity contribution in [2.45, 2.75) is 71.1 Å². The largest absolute Gasteiger partial charge is 0.420 e. The summed E-state index contributed by atoms with van der Waals surface area (Å²) in [4.78, 5) is 10.9. The highest BCUT2D eigenvalue weighted by Crippen LogP contribution is 2.39. The number of carbonyl (C=O) groups excluding carboxylic acids is 1. The summed E-state index contributed by atoms with van der Waals surface area (Å²) in [5.41, 5.74) is 0.683. The van der Waals surface area contributed by atoms with Gasteiger partial charge in [0.2, 0.25) is 5.75 Å². The van der Waals surface area contributed by atoms with Crippen molar-refractivity contribution in [3.63, 3.8) is 0 Å². The van der Waals surface area contributed by atoms with Crippen LogP contribution in [0.5, 0.6) is 5.75 Å². The van der Waals surface area contributed by atoms with E-state index in [0.29, 0.717) is 5.56 Å². The third-order valence-corrected chi connectivity index (χ3v) is 4.80. The highest BCUT2D eigenvalue weighted by Gasteiger charge is 2.24. The van der Waals surface area contributed by atoms with Gasteiger partial charge in [0.1, 0.15) is 0 Å². The predicted molar refractivity (Wildman–Crippen MR) is 86.5 cm³/mol. The Labute approximate surface area is 137 Å². The van der Waals surface area contributed by atoms with Gasteiger partial charge in [-0.2, -0.15) is 0 Å². The molecule has 1 aromatic carbocycles. The van der Waals surface area contributed by atoms with Crippen LogP contribution in [-0.4, -0.2) is 5.97 Å². The Bertz CT molecular complexity index is 511. The second kappa shape index (κ2) is 8.42. The first-order valence-corrected chi connectivity index (χ1v) is 8.68. The van der Waals surface area contributed by atoms with E-state index >= 15 is 0 Å². The van der Waals surface area contributed by atoms with Crippen molar-refractivity contribution in [3.8, 4) is 5.75 Å². The lowest BCUT2D eigenvalue weighted by molar-refractivity contribution is -0.132. The van der Waals surface area contributed by atoms with E-state index in [4.69, 9.17) is 0 Å². The fourth-order valence-electron chi connectivity index (χ4n) is 3.52. The number of hydrogen-bond acceptors (Lipinski definition) is 2. The number of unbranched alkanes of at least 4 members (excludes halogenated alkanes) is 2. The van der Waals surface area contributed by atoms with Crippen LogP contribution in [0.2, 0.25) is 0 Å². The monoisotopic (exact) mass is 324 g/mol. The average Bonchev–Trinajstić information content (AvgIpc) is 2.51. The Balaban J connectivity index is 1.97. The van der Waals surface area contributed by atoms with Crippen molar-refractivity contribution in [2.24, 2.45) is 5.92 Å². The molecule has 0 unspecified atom stereocenters. The first-order valence-electron chi connectivity index (χ1n) is 8.68. The summed E-state index contributed by atoms with van der Waals surface area (Å²) in [5.74, 6) is -1.93. The molecule has 2 rings (SSSR count). The third kappa shape index (κ3) is 5.02. The average molecular weight is 324 g/mol. The Kier molecular flexibility index (Phi) is 6.55. The normalized spacial score (nSPS) is 21.2. The number of ether oxygens (including phenoxy) is 1. The van der Waals surface area contributed by atoms with E-state index < -0.39 is 23.4 Å². The summed E-state index contributed by atoms with van der Waals surface area (Å²) >= 11 is 0. The Morgan fingerprint density at radius 1 is 1.13 bits per heavy atom. The van der Waals surface area contributed by atoms with Crippen LogP contribution in [0.4, 0.5) is 8.78 Å². The van der Waals surface area contributed by atoms with Gasteiger partial charge < -0.3 is 4.74 Å². The molecule has 0 heterocycles. The van der Waals surface area contributed by atoms with E-state index in [0.717, 1.165) is 38.5 Å². The van der Waals surface area contributed by atoms with Gasteiger partial charge in [-0.1, -0.05) is 32.6 Å². The van der Waals surface area contributed by atoms with Crippen molar-refractivity contribution in [3.05, 3.63) is 29.3 Å². The summed E-state index contributed by atoms with van der Waals surface area (Å²) in [7, 11) is 0. The summed E-state index contributed by atoms with van der Waals surface area (Å²) in [6, 6.07) is 2.65. The minimum absolute atomic E-state index is 0.202. The summed E-state index contributed by atoms with van der Waals surface area (Å²) < 4.78 is 32.6. The van der Waals surface area contributed by atoms with Gasteiger partial charge in [0, 0.05) is 6.92 Å². The van der Waals surface area contributed by atoms with Crippen molar-refractivity contribution >= 4 is 5.97 Å². The molecule has 0 aromatic heterocycles. The number of hydrogen-bond donors (Lipinski definition) is 0. The molecular formula is C19H26F2O2. The van der Waals surface area contributed by atoms with E-state index in [1.54, 1.807) is 0 Å². The number of esters is 1. The molecule has 4 heteroatoms. The van der Waals surface area contributed by atoms with Crippen LogP contribution >= 0.6 is 0 Å². The molecule has 0 saturated heterocycles. The smallest absolute Gasteiger partial charge is 0.308 e. The van der Waals surface area contributed by atoms with Crippen LogP contribution in [0, 0.1) is 17.6 Å². The number of rotatable bonds is 6. The van der Waals surface area contributed by atoms with Crippen molar-refractivity contribution in [1.82, 2.24) is 0 Å². The Morgan fingerprint density at radius 3 is 2.26 bits per heavy atom.